The van der Waals surface area contributed by atoms with Crippen LogP contribution in [-0.4, -0.2) is 49.0 Å². The van der Waals surface area contributed by atoms with Gasteiger partial charge in [-0.2, -0.15) is 0 Å². The van der Waals surface area contributed by atoms with Crippen molar-refractivity contribution in [3.63, 3.8) is 0 Å². The topological polar surface area (TPSA) is 79.8 Å². The van der Waals surface area contributed by atoms with Crippen LogP contribution < -0.4 is 20.1 Å². The van der Waals surface area contributed by atoms with E-state index in [1.54, 1.807) is 48.5 Å². The summed E-state index contributed by atoms with van der Waals surface area (Å²) >= 11 is 11.7. The van der Waals surface area contributed by atoms with Gasteiger partial charge in [0.1, 0.15) is 24.2 Å². The van der Waals surface area contributed by atoms with Crippen LogP contribution in [0.2, 0.25) is 10.0 Å². The van der Waals surface area contributed by atoms with Gasteiger partial charge in [0.25, 0.3) is 5.91 Å². The summed E-state index contributed by atoms with van der Waals surface area (Å²) in [6, 6.07) is 14.5. The van der Waals surface area contributed by atoms with Crippen LogP contribution in [0.5, 0.6) is 11.5 Å². The first-order valence-electron chi connectivity index (χ1n) is 10.5. The van der Waals surface area contributed by atoms with Gasteiger partial charge in [0, 0.05) is 28.7 Å². The summed E-state index contributed by atoms with van der Waals surface area (Å²) in [7, 11) is 0. The van der Waals surface area contributed by atoms with E-state index in [2.05, 4.69) is 10.6 Å². The Kier molecular flexibility index (Phi) is 9.28. The fraction of sp³-hybridized carbons (Fsp3) is 0.435. The van der Waals surface area contributed by atoms with E-state index in [1.807, 2.05) is 0 Å². The van der Waals surface area contributed by atoms with E-state index in [4.69, 9.17) is 32.7 Å². The molecule has 168 valence electrons. The quantitative estimate of drug-likeness (QED) is 0.495. The average Bonchev–Trinajstić information content (AvgIpc) is 2.78. The van der Waals surface area contributed by atoms with E-state index in [-0.39, 0.29) is 25.2 Å². The molecule has 1 saturated carbocycles. The van der Waals surface area contributed by atoms with Crippen LogP contribution in [0, 0.1) is 0 Å². The third kappa shape index (κ3) is 8.57. The lowest BCUT2D eigenvalue weighted by atomic mass is 9.91. The van der Waals surface area contributed by atoms with Crippen molar-refractivity contribution in [2.75, 3.05) is 19.8 Å². The smallest absolute Gasteiger partial charge is 0.258 e. The molecule has 3 rings (SSSR count). The number of aliphatic hydroxyl groups is 1. The fourth-order valence-electron chi connectivity index (χ4n) is 3.48. The minimum absolute atomic E-state index is 0.0143. The Morgan fingerprint density at radius 3 is 2.00 bits per heavy atom. The van der Waals surface area contributed by atoms with Gasteiger partial charge in [-0.3, -0.25) is 4.79 Å². The van der Waals surface area contributed by atoms with Crippen molar-refractivity contribution < 1.29 is 19.4 Å². The molecular formula is C23H28Cl2N2O4. The molecule has 1 atom stereocenters. The first-order chi connectivity index (χ1) is 15.0. The van der Waals surface area contributed by atoms with E-state index in [0.717, 1.165) is 25.7 Å². The Morgan fingerprint density at radius 1 is 0.903 bits per heavy atom. The first kappa shape index (κ1) is 23.7. The standard InChI is InChI=1S/C23H28Cl2N2O4/c24-16-1-9-21(10-2-16)30-14-20(28)13-26-18-5-7-19(8-6-18)27-23(29)15-31-22-11-3-17(25)4-12-22/h1-4,9-12,18-20,26,28H,5-8,13-15H2,(H,27,29)/t18-,19+,20?. The zero-order valence-corrected chi connectivity index (χ0v) is 18.7. The molecule has 0 spiro atoms. The van der Waals surface area contributed by atoms with Crippen LogP contribution in [0.25, 0.3) is 0 Å². The predicted molar refractivity (Wildman–Crippen MR) is 122 cm³/mol. The van der Waals surface area contributed by atoms with E-state index >= 15 is 0 Å². The highest BCUT2D eigenvalue weighted by Gasteiger charge is 2.23. The van der Waals surface area contributed by atoms with E-state index in [9.17, 15) is 9.90 Å². The molecule has 1 fully saturated rings. The number of aliphatic hydroxyl groups excluding tert-OH is 1. The van der Waals surface area contributed by atoms with Crippen molar-refractivity contribution in [3.8, 4) is 11.5 Å². The van der Waals surface area contributed by atoms with Gasteiger partial charge < -0.3 is 25.2 Å². The molecule has 0 bridgehead atoms. The number of carbonyl (C=O) groups excluding carboxylic acids is 1. The van der Waals surface area contributed by atoms with E-state index in [1.165, 1.54) is 0 Å². The Bertz CT molecular complexity index is 809. The fourth-order valence-corrected chi connectivity index (χ4v) is 3.73. The van der Waals surface area contributed by atoms with Crippen molar-refractivity contribution in [1.29, 1.82) is 0 Å². The van der Waals surface area contributed by atoms with Crippen LogP contribution in [0.3, 0.4) is 0 Å². The predicted octanol–water partition coefficient (Wildman–Crippen LogP) is 3.83. The Balaban J connectivity index is 1.27. The zero-order valence-electron chi connectivity index (χ0n) is 17.2. The molecule has 1 unspecified atom stereocenters. The van der Waals surface area contributed by atoms with Crippen molar-refractivity contribution in [1.82, 2.24) is 10.6 Å². The number of hydrogen-bond donors (Lipinski definition) is 3. The molecule has 6 nitrogen and oxygen atoms in total. The largest absolute Gasteiger partial charge is 0.491 e. The molecule has 2 aromatic rings. The van der Waals surface area contributed by atoms with Crippen LogP contribution >= 0.6 is 23.2 Å². The van der Waals surface area contributed by atoms with Gasteiger partial charge in [0.15, 0.2) is 6.61 Å². The molecule has 0 aliphatic heterocycles. The molecule has 0 saturated heterocycles. The number of rotatable bonds is 10. The number of benzene rings is 2. The summed E-state index contributed by atoms with van der Waals surface area (Å²) < 4.78 is 11.1. The number of halogens is 2. The third-order valence-corrected chi connectivity index (χ3v) is 5.68. The molecule has 1 amide bonds. The van der Waals surface area contributed by atoms with E-state index < -0.39 is 6.10 Å². The van der Waals surface area contributed by atoms with Gasteiger partial charge in [-0.15, -0.1) is 0 Å². The number of amides is 1. The summed E-state index contributed by atoms with van der Waals surface area (Å²) in [5.41, 5.74) is 0. The van der Waals surface area contributed by atoms with Crippen molar-refractivity contribution in [3.05, 3.63) is 58.6 Å². The molecule has 8 heteroatoms. The van der Waals surface area contributed by atoms with Gasteiger partial charge >= 0.3 is 0 Å². The summed E-state index contributed by atoms with van der Waals surface area (Å²) in [4.78, 5) is 12.1. The van der Waals surface area contributed by atoms with Crippen LogP contribution in [-0.2, 0) is 4.79 Å². The molecule has 3 N–H and O–H groups in total. The van der Waals surface area contributed by atoms with Gasteiger partial charge in [-0.1, -0.05) is 23.2 Å². The lowest BCUT2D eigenvalue weighted by Gasteiger charge is -2.30. The summed E-state index contributed by atoms with van der Waals surface area (Å²) in [5, 5.41) is 17.8. The number of ether oxygens (including phenoxy) is 2. The maximum atomic E-state index is 12.1. The summed E-state index contributed by atoms with van der Waals surface area (Å²) in [6.45, 7) is 0.664. The number of nitrogens with one attached hydrogen (secondary N) is 2. The van der Waals surface area contributed by atoms with Crippen LogP contribution in [0.4, 0.5) is 0 Å². The second-order valence-corrected chi connectivity index (χ2v) is 8.56. The maximum Gasteiger partial charge on any atom is 0.258 e. The molecule has 0 aromatic heterocycles. The zero-order chi connectivity index (χ0) is 22.1. The maximum absolute atomic E-state index is 12.1. The number of carbonyl (C=O) groups is 1. The highest BCUT2D eigenvalue weighted by Crippen LogP contribution is 2.19. The normalized spacial score (nSPS) is 19.5. The van der Waals surface area contributed by atoms with Gasteiger partial charge in [0.2, 0.25) is 0 Å². The van der Waals surface area contributed by atoms with Crippen LogP contribution in [0.1, 0.15) is 25.7 Å². The molecule has 1 aliphatic rings. The second kappa shape index (κ2) is 12.2. The molecule has 31 heavy (non-hydrogen) atoms. The highest BCUT2D eigenvalue weighted by atomic mass is 35.5. The Morgan fingerprint density at radius 2 is 1.42 bits per heavy atom. The van der Waals surface area contributed by atoms with Gasteiger partial charge in [-0.25, -0.2) is 0 Å². The minimum Gasteiger partial charge on any atom is -0.491 e. The molecule has 2 aromatic carbocycles. The highest BCUT2D eigenvalue weighted by molar-refractivity contribution is 6.30. The monoisotopic (exact) mass is 466 g/mol. The molecule has 0 heterocycles. The minimum atomic E-state index is -0.599. The summed E-state index contributed by atoms with van der Waals surface area (Å²) in [5.74, 6) is 1.17. The van der Waals surface area contributed by atoms with Crippen molar-refractivity contribution in [2.45, 2.75) is 43.9 Å². The SMILES string of the molecule is O=C(COc1ccc(Cl)cc1)N[C@H]1CC[C@@H](NCC(O)COc2ccc(Cl)cc2)CC1. The van der Waals surface area contributed by atoms with Crippen molar-refractivity contribution in [2.24, 2.45) is 0 Å². The molecular weight excluding hydrogens is 439 g/mol. The third-order valence-electron chi connectivity index (χ3n) is 5.17. The van der Waals surface area contributed by atoms with Gasteiger partial charge in [-0.05, 0) is 74.2 Å². The lowest BCUT2D eigenvalue weighted by Crippen LogP contribution is -2.45. The van der Waals surface area contributed by atoms with Gasteiger partial charge in [0.05, 0.1) is 0 Å². The Hall–Kier alpha value is -1.99. The molecule has 0 radical (unpaired) electrons. The average molecular weight is 467 g/mol. The van der Waals surface area contributed by atoms with Crippen LogP contribution in [0.15, 0.2) is 48.5 Å². The van der Waals surface area contributed by atoms with Crippen molar-refractivity contribution >= 4 is 29.1 Å². The van der Waals surface area contributed by atoms with E-state index in [0.29, 0.717) is 34.1 Å². The first-order valence-corrected chi connectivity index (χ1v) is 11.2. The molecule has 1 aliphatic carbocycles. The lowest BCUT2D eigenvalue weighted by molar-refractivity contribution is -0.124. The summed E-state index contributed by atoms with van der Waals surface area (Å²) in [6.07, 6.45) is 3.06. The number of hydrogen-bond acceptors (Lipinski definition) is 5. The second-order valence-electron chi connectivity index (χ2n) is 7.69. The Labute approximate surface area is 192 Å².